The van der Waals surface area contributed by atoms with E-state index in [0.717, 1.165) is 18.6 Å². The van der Waals surface area contributed by atoms with Gasteiger partial charge in [-0.3, -0.25) is 10.1 Å². The molecule has 0 aliphatic heterocycles. The van der Waals surface area contributed by atoms with Crippen molar-refractivity contribution in [3.8, 4) is 0 Å². The van der Waals surface area contributed by atoms with Crippen LogP contribution >= 0.6 is 0 Å². The lowest BCUT2D eigenvalue weighted by Crippen LogP contribution is -2.20. The van der Waals surface area contributed by atoms with Gasteiger partial charge in [-0.2, -0.15) is 0 Å². The van der Waals surface area contributed by atoms with Gasteiger partial charge in [0.2, 0.25) is 0 Å². The van der Waals surface area contributed by atoms with Gasteiger partial charge in [-0.15, -0.1) is 0 Å². The van der Waals surface area contributed by atoms with E-state index < -0.39 is 16.8 Å². The molecule has 1 aromatic carbocycles. The van der Waals surface area contributed by atoms with Crippen LogP contribution in [0.2, 0.25) is 0 Å². The molecule has 0 saturated heterocycles. The number of hydrogen-bond donors (Lipinski definition) is 1. The van der Waals surface area contributed by atoms with Gasteiger partial charge in [0.25, 0.3) is 5.69 Å². The van der Waals surface area contributed by atoms with Crippen molar-refractivity contribution in [2.24, 2.45) is 11.7 Å². The fourth-order valence-electron chi connectivity index (χ4n) is 1.46. The number of nitrogens with two attached hydrogens (primary N) is 1. The third-order valence-corrected chi connectivity index (χ3v) is 2.81. The minimum Gasteiger partial charge on any atom is -0.324 e. The highest BCUT2D eigenvalue weighted by Crippen LogP contribution is 2.27. The van der Waals surface area contributed by atoms with Crippen molar-refractivity contribution in [1.82, 2.24) is 0 Å². The summed E-state index contributed by atoms with van der Waals surface area (Å²) in [5.41, 5.74) is 5.94. The first-order chi connectivity index (χ1) is 7.47. The zero-order valence-corrected chi connectivity index (χ0v) is 9.31. The van der Waals surface area contributed by atoms with E-state index in [4.69, 9.17) is 5.73 Å². The second-order valence-corrected chi connectivity index (χ2v) is 3.87. The van der Waals surface area contributed by atoms with Crippen LogP contribution in [-0.2, 0) is 0 Å². The summed E-state index contributed by atoms with van der Waals surface area (Å²) in [7, 11) is 0. The summed E-state index contributed by atoms with van der Waals surface area (Å²) in [6.07, 6.45) is 0.795. The Balaban J connectivity index is 3.11. The summed E-state index contributed by atoms with van der Waals surface area (Å²) >= 11 is 0. The summed E-state index contributed by atoms with van der Waals surface area (Å²) in [4.78, 5) is 10.0. The van der Waals surface area contributed by atoms with Gasteiger partial charge in [-0.25, -0.2) is 4.39 Å². The van der Waals surface area contributed by atoms with E-state index in [1.165, 1.54) is 6.07 Å². The van der Waals surface area contributed by atoms with E-state index in [1.54, 1.807) is 0 Å². The Morgan fingerprint density at radius 3 is 2.69 bits per heavy atom. The molecule has 0 spiro atoms. The normalized spacial score (nSPS) is 14.5. The minimum absolute atomic E-state index is 0.0801. The van der Waals surface area contributed by atoms with Crippen LogP contribution in [0.25, 0.3) is 0 Å². The second kappa shape index (κ2) is 5.03. The van der Waals surface area contributed by atoms with Crippen LogP contribution in [0, 0.1) is 21.8 Å². The minimum atomic E-state index is -0.549. The molecule has 88 valence electrons. The Morgan fingerprint density at radius 1 is 1.56 bits per heavy atom. The van der Waals surface area contributed by atoms with Gasteiger partial charge in [-0.1, -0.05) is 20.3 Å². The Kier molecular flexibility index (Phi) is 3.95. The molecule has 0 radical (unpaired) electrons. The van der Waals surface area contributed by atoms with Crippen molar-refractivity contribution in [2.75, 3.05) is 0 Å². The van der Waals surface area contributed by atoms with Crippen molar-refractivity contribution in [1.29, 1.82) is 0 Å². The van der Waals surface area contributed by atoms with Gasteiger partial charge in [-0.05, 0) is 12.0 Å². The van der Waals surface area contributed by atoms with Gasteiger partial charge in [0.15, 0.2) is 0 Å². The van der Waals surface area contributed by atoms with E-state index in [0.29, 0.717) is 0 Å². The standard InChI is InChI=1S/C11H15FN2O2/c1-3-7(2)11(13)9-6-8(14(15)16)4-5-10(9)12/h4-7,11H,3,13H2,1-2H3/t7?,11-/m1/s1. The summed E-state index contributed by atoms with van der Waals surface area (Å²) in [6, 6.07) is 2.94. The lowest BCUT2D eigenvalue weighted by Gasteiger charge is -2.18. The lowest BCUT2D eigenvalue weighted by molar-refractivity contribution is -0.385. The average molecular weight is 226 g/mol. The second-order valence-electron chi connectivity index (χ2n) is 3.87. The molecule has 0 aliphatic rings. The fourth-order valence-corrected chi connectivity index (χ4v) is 1.46. The zero-order chi connectivity index (χ0) is 12.3. The highest BCUT2D eigenvalue weighted by Gasteiger charge is 2.20. The van der Waals surface area contributed by atoms with E-state index in [-0.39, 0.29) is 17.2 Å². The Labute approximate surface area is 93.4 Å². The molecule has 16 heavy (non-hydrogen) atoms. The van der Waals surface area contributed by atoms with Crippen molar-refractivity contribution in [3.63, 3.8) is 0 Å². The maximum atomic E-state index is 13.5. The molecule has 2 atom stereocenters. The van der Waals surface area contributed by atoms with Crippen LogP contribution in [0.5, 0.6) is 0 Å². The Morgan fingerprint density at radius 2 is 2.19 bits per heavy atom. The Bertz CT molecular complexity index is 396. The van der Waals surface area contributed by atoms with Crippen molar-refractivity contribution >= 4 is 5.69 Å². The smallest absolute Gasteiger partial charge is 0.269 e. The molecule has 0 amide bonds. The predicted molar refractivity (Wildman–Crippen MR) is 59.4 cm³/mol. The summed E-state index contributed by atoms with van der Waals surface area (Å²) < 4.78 is 13.5. The first-order valence-electron chi connectivity index (χ1n) is 5.16. The molecule has 5 heteroatoms. The molecule has 0 aromatic heterocycles. The van der Waals surface area contributed by atoms with Gasteiger partial charge < -0.3 is 5.73 Å². The number of benzene rings is 1. The SMILES string of the molecule is CCC(C)[C@@H](N)c1cc([N+](=O)[O-])ccc1F. The largest absolute Gasteiger partial charge is 0.324 e. The Hall–Kier alpha value is -1.49. The number of rotatable bonds is 4. The number of nitrogens with zero attached hydrogens (tertiary/aromatic N) is 1. The van der Waals surface area contributed by atoms with Gasteiger partial charge >= 0.3 is 0 Å². The zero-order valence-electron chi connectivity index (χ0n) is 9.31. The highest BCUT2D eigenvalue weighted by molar-refractivity contribution is 5.37. The molecule has 1 aromatic rings. The third kappa shape index (κ3) is 2.55. The first kappa shape index (κ1) is 12.6. The summed E-state index contributed by atoms with van der Waals surface area (Å²) in [5, 5.41) is 10.6. The summed E-state index contributed by atoms with van der Waals surface area (Å²) in [5.74, 6) is -0.407. The van der Waals surface area contributed by atoms with Gasteiger partial charge in [0.05, 0.1) is 4.92 Å². The molecule has 4 nitrogen and oxygen atoms in total. The van der Waals surface area contributed by atoms with Crippen LogP contribution in [-0.4, -0.2) is 4.92 Å². The molecule has 0 saturated carbocycles. The molecule has 0 heterocycles. The van der Waals surface area contributed by atoms with Gasteiger partial charge in [0.1, 0.15) is 5.82 Å². The van der Waals surface area contributed by atoms with E-state index in [2.05, 4.69) is 0 Å². The molecular formula is C11H15FN2O2. The van der Waals surface area contributed by atoms with Crippen LogP contribution in [0.15, 0.2) is 18.2 Å². The number of nitro groups is 1. The number of hydrogen-bond acceptors (Lipinski definition) is 3. The molecule has 1 rings (SSSR count). The van der Waals surface area contributed by atoms with Crippen LogP contribution < -0.4 is 5.73 Å². The van der Waals surface area contributed by atoms with E-state index in [1.807, 2.05) is 13.8 Å². The van der Waals surface area contributed by atoms with Crippen LogP contribution in [0.1, 0.15) is 31.9 Å². The van der Waals surface area contributed by atoms with Crippen LogP contribution in [0.4, 0.5) is 10.1 Å². The lowest BCUT2D eigenvalue weighted by atomic mass is 9.93. The third-order valence-electron chi connectivity index (χ3n) is 2.81. The van der Waals surface area contributed by atoms with Crippen molar-refractivity contribution < 1.29 is 9.31 Å². The fraction of sp³-hybridized carbons (Fsp3) is 0.455. The molecule has 1 unspecified atom stereocenters. The quantitative estimate of drug-likeness (QED) is 0.634. The molecule has 0 bridgehead atoms. The number of nitro benzene ring substituents is 1. The van der Waals surface area contributed by atoms with Gasteiger partial charge in [0, 0.05) is 23.7 Å². The number of halogens is 1. The maximum absolute atomic E-state index is 13.5. The summed E-state index contributed by atoms with van der Waals surface area (Å²) in [6.45, 7) is 3.84. The van der Waals surface area contributed by atoms with E-state index >= 15 is 0 Å². The highest BCUT2D eigenvalue weighted by atomic mass is 19.1. The van der Waals surface area contributed by atoms with Crippen molar-refractivity contribution in [2.45, 2.75) is 26.3 Å². The topological polar surface area (TPSA) is 69.2 Å². The first-order valence-corrected chi connectivity index (χ1v) is 5.16. The van der Waals surface area contributed by atoms with Crippen molar-refractivity contribution in [3.05, 3.63) is 39.7 Å². The monoisotopic (exact) mass is 226 g/mol. The average Bonchev–Trinajstić information content (AvgIpc) is 2.27. The molecular weight excluding hydrogens is 211 g/mol. The maximum Gasteiger partial charge on any atom is 0.269 e. The number of non-ortho nitro benzene ring substituents is 1. The molecule has 0 fully saturated rings. The molecule has 0 aliphatic carbocycles. The van der Waals surface area contributed by atoms with E-state index in [9.17, 15) is 14.5 Å². The predicted octanol–water partition coefficient (Wildman–Crippen LogP) is 2.78. The van der Waals surface area contributed by atoms with Crippen LogP contribution in [0.3, 0.4) is 0 Å². The molecule has 2 N–H and O–H groups in total.